The van der Waals surface area contributed by atoms with E-state index >= 15 is 0 Å². The summed E-state index contributed by atoms with van der Waals surface area (Å²) in [6, 6.07) is 7.18. The third-order valence-electron chi connectivity index (χ3n) is 25.7. The van der Waals surface area contributed by atoms with E-state index in [0.29, 0.717) is 161 Å². The zero-order chi connectivity index (χ0) is 108. The second-order valence-electron chi connectivity index (χ2n) is 36.6. The van der Waals surface area contributed by atoms with Gasteiger partial charge in [0.25, 0.3) is 11.8 Å². The molecule has 6 N–H and O–H groups in total. The van der Waals surface area contributed by atoms with Crippen LogP contribution in [0, 0.1) is 11.8 Å². The van der Waals surface area contributed by atoms with E-state index in [2.05, 4.69) is 21.3 Å². The van der Waals surface area contributed by atoms with Crippen LogP contribution in [0.2, 0.25) is 10.0 Å². The molecule has 2 aromatic rings. The van der Waals surface area contributed by atoms with Gasteiger partial charge in [0, 0.05) is 111 Å². The highest BCUT2D eigenvalue weighted by Crippen LogP contribution is 2.52. The molecule has 8 aliphatic rings. The van der Waals surface area contributed by atoms with Crippen LogP contribution >= 0.6 is 35.0 Å². The zero-order valence-corrected chi connectivity index (χ0v) is 88.9. The fourth-order valence-corrected chi connectivity index (χ4v) is 18.5. The minimum atomic E-state index is -1.83. The number of esters is 2. The Hall–Kier alpha value is -9.41. The van der Waals surface area contributed by atoms with Crippen LogP contribution in [0.1, 0.15) is 110 Å². The van der Waals surface area contributed by atoms with Crippen molar-refractivity contribution >= 4 is 118 Å². The lowest BCUT2D eigenvalue weighted by atomic mass is 9.83. The number of halogens is 2. The highest BCUT2D eigenvalue weighted by atomic mass is 35.5. The molecule has 1 unspecified atom stereocenters. The molecular weight excluding hydrogens is 2000 g/mol. The number of benzene rings is 2. The third-order valence-corrected chi connectivity index (χ3v) is 27.4. The molecule has 0 spiro atoms. The van der Waals surface area contributed by atoms with Crippen molar-refractivity contribution in [3.05, 3.63) is 105 Å². The van der Waals surface area contributed by atoms with Crippen LogP contribution in [-0.4, -0.2) is 402 Å². The number of amides is 10. The molecule has 15 atom stereocenters. The second kappa shape index (κ2) is 61.9. The van der Waals surface area contributed by atoms with Crippen LogP contribution in [-0.2, 0) is 156 Å². The van der Waals surface area contributed by atoms with Crippen LogP contribution in [0.5, 0.6) is 11.5 Å². The predicted molar refractivity (Wildman–Crippen MR) is 536 cm³/mol. The molecule has 0 saturated carbocycles. The summed E-state index contributed by atoms with van der Waals surface area (Å²) in [6.45, 7) is 18.8. The summed E-state index contributed by atoms with van der Waals surface area (Å²) in [5.41, 5.74) is -1.78. The smallest absolute Gasteiger partial charge is 0.409 e. The molecule has 2 aromatic carbocycles. The summed E-state index contributed by atoms with van der Waals surface area (Å²) in [4.78, 5) is 157. The summed E-state index contributed by atoms with van der Waals surface area (Å²) >= 11 is 14.9. The number of alkyl carbamates (subject to hydrolysis) is 2. The molecule has 0 aromatic heterocycles. The molecule has 8 bridgehead atoms. The van der Waals surface area contributed by atoms with Gasteiger partial charge in [0.05, 0.1) is 227 Å². The summed E-state index contributed by atoms with van der Waals surface area (Å²) in [7, 11) is 9.00. The van der Waals surface area contributed by atoms with Crippen LogP contribution in [0.15, 0.2) is 84.0 Å². The normalized spacial score (nSPS) is 26.8. The van der Waals surface area contributed by atoms with E-state index in [9.17, 15) is 67.7 Å². The largest absolute Gasteiger partial charge is 0.495 e. The van der Waals surface area contributed by atoms with Crippen LogP contribution < -0.4 is 40.5 Å². The first-order valence-corrected chi connectivity index (χ1v) is 51.5. The SMILES string of the molecule is COc1cc2cc(c1Cl)N(C)C(=O)C[C@H](OC(=O)CCOCCOCCOCCOCCOCCOCCNC(=O)CCN1C(=O)C=CC1=O)[C@]1(C)O[C@H]1[C@H](C)[C@@H]1C[C@@](O)(NC(=O)O1)[C@H](OC)/C=C/C=C(\C)C2.COc1cc2cc(c1Cl)N(C)C(=O)C[C@H](OC(=O)CCOCCOCCOCCOCCOCCOCCNC(=O)CCN1C(=O)CC(SC)C1=O)[C@]1(C)O[C@H]1[C@H](C)[C@@H]1C[C@@](O)(NC(=O)O1)[C@H](OC)/C=C/C=C(\C)C2. The Labute approximate surface area is 876 Å². The van der Waals surface area contributed by atoms with E-state index < -0.39 is 131 Å². The monoisotopic (exact) mass is 2150 g/mol. The minimum Gasteiger partial charge on any atom is -0.495 e. The molecule has 8 aliphatic heterocycles. The molecule has 5 fully saturated rings. The number of fused-ring (bicyclic) bond motifs is 10. The van der Waals surface area contributed by atoms with Gasteiger partial charge in [-0.3, -0.25) is 68.4 Å². The number of carbonyl (C=O) groups excluding carboxylic acids is 12. The first-order chi connectivity index (χ1) is 70.9. The highest BCUT2D eigenvalue weighted by Gasteiger charge is 2.66. The first kappa shape index (κ1) is 122. The van der Waals surface area contributed by atoms with Gasteiger partial charge in [-0.1, -0.05) is 84.7 Å². The van der Waals surface area contributed by atoms with E-state index in [1.807, 2.05) is 26.0 Å². The van der Waals surface area contributed by atoms with Gasteiger partial charge in [-0.05, 0) is 82.2 Å². The number of hydrogen-bond donors (Lipinski definition) is 6. The molecule has 148 heavy (non-hydrogen) atoms. The Morgan fingerprint density at radius 1 is 0.466 bits per heavy atom. The Kier molecular flexibility index (Phi) is 51.1. The molecule has 47 heteroatoms. The number of anilines is 2. The number of methoxy groups -OCH3 is 4. The summed E-state index contributed by atoms with van der Waals surface area (Å²) < 4.78 is 125. The first-order valence-electron chi connectivity index (χ1n) is 49.5. The Bertz CT molecular complexity index is 4860. The van der Waals surface area contributed by atoms with Crippen molar-refractivity contribution in [2.45, 2.75) is 189 Å². The molecule has 44 nitrogen and oxygen atoms in total. The Morgan fingerprint density at radius 3 is 1.12 bits per heavy atom. The number of thioether (sulfide) groups is 1. The number of nitrogens with one attached hydrogen (secondary N) is 4. The van der Waals surface area contributed by atoms with Crippen molar-refractivity contribution in [1.82, 2.24) is 31.1 Å². The van der Waals surface area contributed by atoms with Crippen molar-refractivity contribution in [2.75, 3.05) is 243 Å². The topological polar surface area (TPSA) is 516 Å². The number of allylic oxidation sites excluding steroid dienone is 6. The van der Waals surface area contributed by atoms with Gasteiger partial charge in [-0.15, -0.1) is 0 Å². The molecule has 10 amide bonds. The third kappa shape index (κ3) is 37.8. The average molecular weight is 2150 g/mol. The number of nitrogens with zero attached hydrogens (tertiary/aromatic N) is 4. The van der Waals surface area contributed by atoms with E-state index in [-0.39, 0.29) is 156 Å². The van der Waals surface area contributed by atoms with Crippen LogP contribution in [0.3, 0.4) is 0 Å². The molecule has 8 heterocycles. The van der Waals surface area contributed by atoms with Crippen molar-refractivity contribution < 1.29 is 172 Å². The fraction of sp³-hybridized carbons (Fsp3) is 0.663. The Morgan fingerprint density at radius 2 is 0.797 bits per heavy atom. The van der Waals surface area contributed by atoms with Crippen LogP contribution in [0.25, 0.3) is 0 Å². The predicted octanol–water partition coefficient (Wildman–Crippen LogP) is 5.74. The van der Waals surface area contributed by atoms with Gasteiger partial charge in [-0.25, -0.2) is 9.59 Å². The lowest BCUT2D eigenvalue weighted by Gasteiger charge is -2.42. The van der Waals surface area contributed by atoms with Crippen molar-refractivity contribution in [3.8, 4) is 11.5 Å². The Balaban J connectivity index is 0.000000329. The number of likely N-dealkylation sites (tertiary alicyclic amines) is 1. The standard InChI is InChI=1S/C51H75ClN4O18S.C50H71ClN4O18/c1-33-9-8-10-40(65-6)51(63)32-38(72-49(62)54-51)34(2)47-50(3,74-47)41(31-43(58)55(4)36-28-35(27-33)29-37(64-5)46(36)52)73-45(60)12-15-66-17-19-68-21-23-70-25-26-71-24-22-69-20-18-67-16-13-53-42(57)11-14-56-44(59)30-39(75-7)48(56)61;1-33-8-7-9-39(64-6)50(62)32-38(71-48(61)53-50)34(2)47-49(3,73-47)40(31-44(59)54(4)36-29-35(28-33)30-37(63-5)46(36)51)72-45(60)13-16-65-18-20-67-22-24-69-26-27-70-25-23-68-21-19-66-17-14-52-41(56)12-15-55-42(57)10-11-43(55)58/h8-10,28-29,34,38-41,47,63H,11-27,30-32H2,1-7H3,(H,53,57)(H,54,62);7-11,29-30,34,38-40,47,62H,12-28,31-32H2,1-6H3,(H,52,56)(H,53,61)/b10-8+,33-9+;9-7+,33-8+/t34-,38+,39?,40-,41+,47+,50+,51+;34-,38+,39-,40+,47+,49+,50+/m11/s1. The number of rotatable bonds is 55. The number of carbonyl (C=O) groups is 12. The molecular formula is C101H146Cl2N8O36S. The van der Waals surface area contributed by atoms with E-state index in [4.69, 9.17) is 127 Å². The molecule has 0 radical (unpaired) electrons. The maximum Gasteiger partial charge on any atom is 0.409 e. The van der Waals surface area contributed by atoms with Gasteiger partial charge >= 0.3 is 24.1 Å². The minimum absolute atomic E-state index is 0.0209. The molecule has 10 rings (SSSR count). The number of hydrogen-bond acceptors (Lipinski definition) is 37. The van der Waals surface area contributed by atoms with Gasteiger partial charge in [-0.2, -0.15) is 11.8 Å². The second-order valence-corrected chi connectivity index (χ2v) is 38.4. The maximum absolute atomic E-state index is 14.1. The quantitative estimate of drug-likeness (QED) is 0.0151. The van der Waals surface area contributed by atoms with Gasteiger partial charge in [0.15, 0.2) is 11.4 Å². The summed E-state index contributed by atoms with van der Waals surface area (Å²) in [5, 5.41) is 34.1. The summed E-state index contributed by atoms with van der Waals surface area (Å²) in [6.07, 6.45) is 6.18. The van der Waals surface area contributed by atoms with Crippen molar-refractivity contribution in [2.24, 2.45) is 11.8 Å². The lowest BCUT2D eigenvalue weighted by molar-refractivity contribution is -0.156. The van der Waals surface area contributed by atoms with E-state index in [1.54, 1.807) is 96.6 Å². The molecule has 826 valence electrons. The highest BCUT2D eigenvalue weighted by molar-refractivity contribution is 8.00. The number of aliphatic hydroxyl groups is 2. The molecule has 5 saturated heterocycles. The zero-order valence-electron chi connectivity index (χ0n) is 86.6. The van der Waals surface area contributed by atoms with Crippen molar-refractivity contribution in [1.29, 1.82) is 0 Å². The number of ether oxygens (including phenoxy) is 22. The van der Waals surface area contributed by atoms with Gasteiger partial charge in [0.1, 0.15) is 69.4 Å². The van der Waals surface area contributed by atoms with Gasteiger partial charge in [0.2, 0.25) is 35.4 Å². The number of epoxide rings is 2. The van der Waals surface area contributed by atoms with Crippen molar-refractivity contribution in [3.63, 3.8) is 0 Å². The number of imide groups is 2. The summed E-state index contributed by atoms with van der Waals surface area (Å²) in [5.74, 6) is -4.24. The van der Waals surface area contributed by atoms with Crippen LogP contribution in [0.4, 0.5) is 21.0 Å². The maximum atomic E-state index is 14.1. The molecule has 0 aliphatic carbocycles. The van der Waals surface area contributed by atoms with E-state index in [0.717, 1.165) is 32.1 Å². The average Bonchev–Trinajstić information content (AvgIpc) is 1.57. The van der Waals surface area contributed by atoms with E-state index in [1.165, 1.54) is 62.2 Å². The van der Waals surface area contributed by atoms with Gasteiger partial charge < -0.3 is 135 Å². The lowest BCUT2D eigenvalue weighted by Crippen LogP contribution is -2.63. The fourth-order valence-electron chi connectivity index (χ4n) is 17.2.